The normalized spacial score (nSPS) is 22.2. The Kier molecular flexibility index (Phi) is 5.33. The quantitative estimate of drug-likeness (QED) is 0.746. The molecule has 0 bridgehead atoms. The van der Waals surface area contributed by atoms with Gasteiger partial charge in [-0.3, -0.25) is 9.59 Å². The summed E-state index contributed by atoms with van der Waals surface area (Å²) in [5, 5.41) is 15.6. The van der Waals surface area contributed by atoms with Gasteiger partial charge in [-0.15, -0.1) is 0 Å². The van der Waals surface area contributed by atoms with Gasteiger partial charge < -0.3 is 15.7 Å². The summed E-state index contributed by atoms with van der Waals surface area (Å²) in [4.78, 5) is 23.1. The summed E-state index contributed by atoms with van der Waals surface area (Å²) in [5.41, 5.74) is 1.19. The van der Waals surface area contributed by atoms with Crippen LogP contribution in [0.2, 0.25) is 0 Å². The topological polar surface area (TPSA) is 78.4 Å². The highest BCUT2D eigenvalue weighted by molar-refractivity contribution is 5.95. The zero-order chi connectivity index (χ0) is 15.2. The molecule has 1 fully saturated rings. The summed E-state index contributed by atoms with van der Waals surface area (Å²) in [6.07, 6.45) is 4.25. The van der Waals surface area contributed by atoms with E-state index in [2.05, 4.69) is 10.6 Å². The molecular formula is C16H22N2O3. The molecular weight excluding hydrogens is 268 g/mol. The minimum absolute atomic E-state index is 0.145. The van der Waals surface area contributed by atoms with E-state index < -0.39 is 6.10 Å². The average molecular weight is 290 g/mol. The maximum absolute atomic E-state index is 12.2. The van der Waals surface area contributed by atoms with Crippen molar-refractivity contribution in [2.24, 2.45) is 0 Å². The fourth-order valence-corrected chi connectivity index (χ4v) is 2.62. The molecule has 0 heterocycles. The Hall–Kier alpha value is -1.88. The molecule has 0 spiro atoms. The number of anilines is 1. The molecule has 1 saturated carbocycles. The fourth-order valence-electron chi connectivity index (χ4n) is 2.62. The van der Waals surface area contributed by atoms with Crippen LogP contribution in [0.15, 0.2) is 24.3 Å². The summed E-state index contributed by atoms with van der Waals surface area (Å²) in [6, 6.07) is 6.56. The van der Waals surface area contributed by atoms with Crippen LogP contribution >= 0.6 is 0 Å². The first kappa shape index (κ1) is 15.5. The molecule has 1 aromatic rings. The van der Waals surface area contributed by atoms with Gasteiger partial charge in [-0.25, -0.2) is 0 Å². The first-order valence-electron chi connectivity index (χ1n) is 7.43. The van der Waals surface area contributed by atoms with Gasteiger partial charge in [-0.1, -0.05) is 19.3 Å². The zero-order valence-corrected chi connectivity index (χ0v) is 12.3. The van der Waals surface area contributed by atoms with Crippen molar-refractivity contribution in [3.63, 3.8) is 0 Å². The molecule has 2 amide bonds. The molecule has 0 radical (unpaired) electrons. The van der Waals surface area contributed by atoms with Crippen LogP contribution in [0.5, 0.6) is 0 Å². The Morgan fingerprint density at radius 3 is 2.43 bits per heavy atom. The van der Waals surface area contributed by atoms with E-state index in [1.54, 1.807) is 24.3 Å². The second-order valence-corrected chi connectivity index (χ2v) is 5.54. The third kappa shape index (κ3) is 4.56. The molecule has 2 rings (SSSR count). The van der Waals surface area contributed by atoms with E-state index in [0.717, 1.165) is 32.1 Å². The van der Waals surface area contributed by atoms with Crippen LogP contribution < -0.4 is 10.6 Å². The van der Waals surface area contributed by atoms with E-state index >= 15 is 0 Å². The van der Waals surface area contributed by atoms with E-state index in [-0.39, 0.29) is 17.9 Å². The van der Waals surface area contributed by atoms with Crippen molar-refractivity contribution in [1.82, 2.24) is 5.32 Å². The van der Waals surface area contributed by atoms with Gasteiger partial charge in [0.1, 0.15) is 0 Å². The lowest BCUT2D eigenvalue weighted by Gasteiger charge is -2.21. The Balaban J connectivity index is 1.97. The lowest BCUT2D eigenvalue weighted by Crippen LogP contribution is -2.42. The predicted octanol–water partition coefficient (Wildman–Crippen LogP) is 2.07. The molecule has 2 unspecified atom stereocenters. The fraction of sp³-hybridized carbons (Fsp3) is 0.500. The lowest BCUT2D eigenvalue weighted by molar-refractivity contribution is -0.114. The maximum Gasteiger partial charge on any atom is 0.251 e. The first-order valence-corrected chi connectivity index (χ1v) is 7.43. The summed E-state index contributed by atoms with van der Waals surface area (Å²) in [6.45, 7) is 1.44. The van der Waals surface area contributed by atoms with Gasteiger partial charge in [0.25, 0.3) is 5.91 Å². The number of hydrogen-bond donors (Lipinski definition) is 3. The van der Waals surface area contributed by atoms with Gasteiger partial charge in [0.05, 0.1) is 12.1 Å². The Bertz CT molecular complexity index is 499. The summed E-state index contributed by atoms with van der Waals surface area (Å²) < 4.78 is 0. The largest absolute Gasteiger partial charge is 0.391 e. The second kappa shape index (κ2) is 7.22. The van der Waals surface area contributed by atoms with Crippen molar-refractivity contribution >= 4 is 17.5 Å². The van der Waals surface area contributed by atoms with Crippen LogP contribution in [0.3, 0.4) is 0 Å². The number of amides is 2. The standard InChI is InChI=1S/C16H22N2O3/c1-11(19)17-13-9-7-12(8-10-13)16(21)18-14-5-3-2-4-6-15(14)20/h7-10,14-15,20H,2-6H2,1H3,(H,17,19)(H,18,21). The minimum atomic E-state index is -0.463. The molecule has 1 aliphatic rings. The minimum Gasteiger partial charge on any atom is -0.391 e. The van der Waals surface area contributed by atoms with Crippen LogP contribution in [-0.2, 0) is 4.79 Å². The molecule has 114 valence electrons. The van der Waals surface area contributed by atoms with Crippen LogP contribution in [0.25, 0.3) is 0 Å². The molecule has 1 aliphatic carbocycles. The van der Waals surface area contributed by atoms with Crippen molar-refractivity contribution in [3.8, 4) is 0 Å². The van der Waals surface area contributed by atoms with E-state index in [1.165, 1.54) is 6.92 Å². The van der Waals surface area contributed by atoms with E-state index in [0.29, 0.717) is 11.3 Å². The number of carbonyl (C=O) groups excluding carboxylic acids is 2. The molecule has 5 nitrogen and oxygen atoms in total. The number of hydrogen-bond acceptors (Lipinski definition) is 3. The van der Waals surface area contributed by atoms with Crippen molar-refractivity contribution in [2.75, 3.05) is 5.32 Å². The van der Waals surface area contributed by atoms with Crippen molar-refractivity contribution in [1.29, 1.82) is 0 Å². The number of carbonyl (C=O) groups is 2. The maximum atomic E-state index is 12.2. The van der Waals surface area contributed by atoms with Gasteiger partial charge >= 0.3 is 0 Å². The van der Waals surface area contributed by atoms with Gasteiger partial charge in [-0.05, 0) is 37.1 Å². The molecule has 0 aromatic heterocycles. The summed E-state index contributed by atoms with van der Waals surface area (Å²) in [7, 11) is 0. The van der Waals surface area contributed by atoms with Crippen molar-refractivity contribution < 1.29 is 14.7 Å². The Morgan fingerprint density at radius 1 is 1.10 bits per heavy atom. The first-order chi connectivity index (χ1) is 10.1. The second-order valence-electron chi connectivity index (χ2n) is 5.54. The van der Waals surface area contributed by atoms with Gasteiger partial charge in [0, 0.05) is 18.2 Å². The van der Waals surface area contributed by atoms with E-state index in [4.69, 9.17) is 0 Å². The lowest BCUT2D eigenvalue weighted by atomic mass is 10.1. The van der Waals surface area contributed by atoms with Crippen molar-refractivity contribution in [3.05, 3.63) is 29.8 Å². The molecule has 5 heteroatoms. The highest BCUT2D eigenvalue weighted by Crippen LogP contribution is 2.18. The highest BCUT2D eigenvalue weighted by Gasteiger charge is 2.23. The average Bonchev–Trinajstić information content (AvgIpc) is 2.64. The molecule has 2 atom stereocenters. The molecule has 3 N–H and O–H groups in total. The summed E-state index contributed by atoms with van der Waals surface area (Å²) in [5.74, 6) is -0.330. The smallest absolute Gasteiger partial charge is 0.251 e. The monoisotopic (exact) mass is 290 g/mol. The highest BCUT2D eigenvalue weighted by atomic mass is 16.3. The number of aliphatic hydroxyl groups is 1. The molecule has 1 aromatic carbocycles. The third-order valence-electron chi connectivity index (χ3n) is 3.76. The van der Waals surface area contributed by atoms with Crippen molar-refractivity contribution in [2.45, 2.75) is 51.2 Å². The number of rotatable bonds is 3. The van der Waals surface area contributed by atoms with E-state index in [1.807, 2.05) is 0 Å². The number of aliphatic hydroxyl groups excluding tert-OH is 1. The number of benzene rings is 1. The SMILES string of the molecule is CC(=O)Nc1ccc(C(=O)NC2CCCCCC2O)cc1. The molecule has 0 saturated heterocycles. The molecule has 21 heavy (non-hydrogen) atoms. The predicted molar refractivity (Wildman–Crippen MR) is 81.1 cm³/mol. The third-order valence-corrected chi connectivity index (χ3v) is 3.76. The molecule has 0 aliphatic heterocycles. The number of nitrogens with one attached hydrogen (secondary N) is 2. The Morgan fingerprint density at radius 2 is 1.76 bits per heavy atom. The van der Waals surface area contributed by atoms with E-state index in [9.17, 15) is 14.7 Å². The van der Waals surface area contributed by atoms with Crippen LogP contribution in [0.1, 0.15) is 49.4 Å². The van der Waals surface area contributed by atoms with Crippen LogP contribution in [-0.4, -0.2) is 29.1 Å². The summed E-state index contributed by atoms with van der Waals surface area (Å²) >= 11 is 0. The van der Waals surface area contributed by atoms with Gasteiger partial charge in [0.15, 0.2) is 0 Å². The van der Waals surface area contributed by atoms with Crippen LogP contribution in [0.4, 0.5) is 5.69 Å². The van der Waals surface area contributed by atoms with Gasteiger partial charge in [-0.2, -0.15) is 0 Å². The van der Waals surface area contributed by atoms with Crippen LogP contribution in [0, 0.1) is 0 Å². The Labute approximate surface area is 124 Å². The zero-order valence-electron chi connectivity index (χ0n) is 12.3. The van der Waals surface area contributed by atoms with Gasteiger partial charge in [0.2, 0.25) is 5.91 Å².